The van der Waals surface area contributed by atoms with Crippen molar-refractivity contribution in [3.8, 4) is 0 Å². The lowest BCUT2D eigenvalue weighted by Gasteiger charge is -2.18. The summed E-state index contributed by atoms with van der Waals surface area (Å²) in [6.45, 7) is 4.72. The lowest BCUT2D eigenvalue weighted by atomic mass is 9.92. The average Bonchev–Trinajstić information content (AvgIpc) is 3.52. The fourth-order valence-corrected chi connectivity index (χ4v) is 3.69. The zero-order valence-corrected chi connectivity index (χ0v) is 19.2. The summed E-state index contributed by atoms with van der Waals surface area (Å²) in [4.78, 5) is 26.0. The lowest BCUT2D eigenvalue weighted by Crippen LogP contribution is -2.26. The third-order valence-electron chi connectivity index (χ3n) is 6.05. The molecule has 2 aromatic heterocycles. The Balaban J connectivity index is 1.42. The lowest BCUT2D eigenvalue weighted by molar-refractivity contribution is 0.0951. The van der Waals surface area contributed by atoms with Gasteiger partial charge in [0.2, 0.25) is 5.95 Å². The molecule has 1 aliphatic heterocycles. The zero-order chi connectivity index (χ0) is 23.7. The van der Waals surface area contributed by atoms with E-state index in [2.05, 4.69) is 48.4 Å². The highest BCUT2D eigenvalue weighted by Crippen LogP contribution is 2.28. The molecule has 178 valence electrons. The van der Waals surface area contributed by atoms with E-state index < -0.39 is 12.1 Å². The molecule has 1 aromatic carbocycles. The number of nitrogens with zero attached hydrogens (tertiary/aromatic N) is 3. The molecule has 0 atom stereocenters. The van der Waals surface area contributed by atoms with Crippen LogP contribution in [0, 0.1) is 0 Å². The smallest absolute Gasteiger partial charge is 0.300 e. The molecular formula is C24H28FN7O2. The van der Waals surface area contributed by atoms with E-state index in [0.717, 1.165) is 38.0 Å². The van der Waals surface area contributed by atoms with Crippen molar-refractivity contribution in [3.05, 3.63) is 53.0 Å². The summed E-state index contributed by atoms with van der Waals surface area (Å²) in [5.41, 5.74) is 3.39. The van der Waals surface area contributed by atoms with Crippen molar-refractivity contribution >= 4 is 29.4 Å². The van der Waals surface area contributed by atoms with Crippen molar-refractivity contribution in [2.75, 3.05) is 23.9 Å². The summed E-state index contributed by atoms with van der Waals surface area (Å²) in [7, 11) is 0. The van der Waals surface area contributed by atoms with Crippen LogP contribution >= 0.6 is 0 Å². The van der Waals surface area contributed by atoms with E-state index in [4.69, 9.17) is 4.42 Å². The number of carbonyl (C=O) groups excluding carboxylic acids is 1. The third-order valence-corrected chi connectivity index (χ3v) is 6.05. The number of hydrogen-bond acceptors (Lipinski definition) is 8. The molecule has 10 heteroatoms. The standard InChI is InChI=1S/C24H28FN7O2/c1-24(2,13-25)19-12-34-23(30-19)32-20-18(21(33)28-16-5-6-16)11-27-22(31-20)29-17-4-3-15-10-26-8-7-14(15)9-17/h3-4,9,11-12,16,26H,5-8,10,13H2,1-2H3,(H,28,33)(H2,27,29,30,31,32). The normalized spacial score (nSPS) is 15.5. The fraction of sp³-hybridized carbons (Fsp3) is 0.417. The second-order valence-electron chi connectivity index (χ2n) is 9.42. The van der Waals surface area contributed by atoms with Crippen LogP contribution < -0.4 is 21.3 Å². The number of amides is 1. The van der Waals surface area contributed by atoms with Gasteiger partial charge in [-0.3, -0.25) is 14.5 Å². The zero-order valence-electron chi connectivity index (χ0n) is 19.2. The van der Waals surface area contributed by atoms with Gasteiger partial charge in [-0.15, -0.1) is 0 Å². The molecule has 3 heterocycles. The predicted molar refractivity (Wildman–Crippen MR) is 126 cm³/mol. The second-order valence-corrected chi connectivity index (χ2v) is 9.42. The van der Waals surface area contributed by atoms with Crippen LogP contribution in [0.2, 0.25) is 0 Å². The first kappa shape index (κ1) is 22.3. The van der Waals surface area contributed by atoms with Gasteiger partial charge in [0.05, 0.1) is 5.69 Å². The summed E-state index contributed by atoms with van der Waals surface area (Å²) < 4.78 is 18.9. The van der Waals surface area contributed by atoms with Crippen molar-refractivity contribution in [2.24, 2.45) is 0 Å². The number of carbonyl (C=O) groups is 1. The Labute approximate surface area is 197 Å². The third kappa shape index (κ3) is 4.86. The van der Waals surface area contributed by atoms with Gasteiger partial charge < -0.3 is 20.4 Å². The summed E-state index contributed by atoms with van der Waals surface area (Å²) in [6, 6.07) is 6.47. The Kier molecular flexibility index (Phi) is 5.91. The van der Waals surface area contributed by atoms with E-state index in [1.165, 1.54) is 23.6 Å². The highest BCUT2D eigenvalue weighted by atomic mass is 19.1. The van der Waals surface area contributed by atoms with Gasteiger partial charge in [0.1, 0.15) is 18.5 Å². The number of hydrogen-bond donors (Lipinski definition) is 4. The first-order chi connectivity index (χ1) is 16.4. The van der Waals surface area contributed by atoms with Crippen molar-refractivity contribution in [3.63, 3.8) is 0 Å². The number of oxazole rings is 1. The largest absolute Gasteiger partial charge is 0.432 e. The number of alkyl halides is 1. The molecule has 1 aliphatic carbocycles. The molecule has 0 bridgehead atoms. The summed E-state index contributed by atoms with van der Waals surface area (Å²) >= 11 is 0. The van der Waals surface area contributed by atoms with Crippen LogP contribution in [0.25, 0.3) is 0 Å². The summed E-state index contributed by atoms with van der Waals surface area (Å²) in [5, 5.41) is 12.5. The predicted octanol–water partition coefficient (Wildman–Crippen LogP) is 3.74. The molecule has 9 nitrogen and oxygen atoms in total. The number of nitrogens with one attached hydrogen (secondary N) is 4. The molecule has 0 radical (unpaired) electrons. The number of anilines is 4. The van der Waals surface area contributed by atoms with E-state index >= 15 is 0 Å². The van der Waals surface area contributed by atoms with Gasteiger partial charge in [0, 0.05) is 29.9 Å². The van der Waals surface area contributed by atoms with E-state index in [-0.39, 0.29) is 29.3 Å². The van der Waals surface area contributed by atoms with Gasteiger partial charge >= 0.3 is 6.01 Å². The van der Waals surface area contributed by atoms with Crippen LogP contribution in [0.3, 0.4) is 0 Å². The van der Waals surface area contributed by atoms with E-state index in [9.17, 15) is 9.18 Å². The molecule has 1 fully saturated rings. The molecular weight excluding hydrogens is 437 g/mol. The van der Waals surface area contributed by atoms with Crippen molar-refractivity contribution in [2.45, 2.75) is 51.1 Å². The molecule has 1 saturated carbocycles. The van der Waals surface area contributed by atoms with Crippen molar-refractivity contribution in [1.82, 2.24) is 25.6 Å². The Hall–Kier alpha value is -3.53. The molecule has 0 saturated heterocycles. The number of rotatable bonds is 8. The Morgan fingerprint density at radius 3 is 2.88 bits per heavy atom. The van der Waals surface area contributed by atoms with Crippen molar-refractivity contribution < 1.29 is 13.6 Å². The monoisotopic (exact) mass is 465 g/mol. The Morgan fingerprint density at radius 1 is 1.24 bits per heavy atom. The Bertz CT molecular complexity index is 1210. The minimum atomic E-state index is -0.782. The minimum absolute atomic E-state index is 0.128. The quantitative estimate of drug-likeness (QED) is 0.398. The van der Waals surface area contributed by atoms with Gasteiger partial charge in [0.15, 0.2) is 5.82 Å². The van der Waals surface area contributed by atoms with Crippen LogP contribution in [0.4, 0.5) is 27.9 Å². The maximum atomic E-state index is 13.4. The van der Waals surface area contributed by atoms with Gasteiger partial charge in [-0.2, -0.15) is 9.97 Å². The molecule has 0 spiro atoms. The molecule has 0 unspecified atom stereocenters. The minimum Gasteiger partial charge on any atom is -0.432 e. The topological polar surface area (TPSA) is 117 Å². The highest BCUT2D eigenvalue weighted by molar-refractivity contribution is 5.99. The van der Waals surface area contributed by atoms with Crippen LogP contribution in [0.5, 0.6) is 0 Å². The van der Waals surface area contributed by atoms with Gasteiger partial charge in [-0.25, -0.2) is 4.98 Å². The molecule has 5 rings (SSSR count). The van der Waals surface area contributed by atoms with Crippen LogP contribution in [-0.2, 0) is 18.4 Å². The van der Waals surface area contributed by atoms with Crippen LogP contribution in [-0.4, -0.2) is 40.1 Å². The number of benzene rings is 1. The van der Waals surface area contributed by atoms with E-state index in [1.807, 2.05) is 6.07 Å². The Morgan fingerprint density at radius 2 is 2.09 bits per heavy atom. The SMILES string of the molecule is CC(C)(CF)c1coc(Nc2nc(Nc3ccc4c(c3)CCNC4)ncc2C(=O)NC2CC2)n1. The van der Waals surface area contributed by atoms with E-state index in [0.29, 0.717) is 11.6 Å². The van der Waals surface area contributed by atoms with E-state index in [1.54, 1.807) is 13.8 Å². The first-order valence-corrected chi connectivity index (χ1v) is 11.5. The number of halogens is 1. The first-order valence-electron chi connectivity index (χ1n) is 11.5. The van der Waals surface area contributed by atoms with Gasteiger partial charge in [-0.05, 0) is 49.1 Å². The van der Waals surface area contributed by atoms with Gasteiger partial charge in [0.25, 0.3) is 5.91 Å². The maximum absolute atomic E-state index is 13.4. The summed E-state index contributed by atoms with van der Waals surface area (Å²) in [5.74, 6) is 0.313. The molecule has 3 aromatic rings. The molecule has 2 aliphatic rings. The molecule has 4 N–H and O–H groups in total. The number of aromatic nitrogens is 3. The number of fused-ring (bicyclic) bond motifs is 1. The fourth-order valence-electron chi connectivity index (χ4n) is 3.69. The van der Waals surface area contributed by atoms with Crippen molar-refractivity contribution in [1.29, 1.82) is 0 Å². The van der Waals surface area contributed by atoms with Crippen LogP contribution in [0.15, 0.2) is 35.1 Å². The average molecular weight is 466 g/mol. The molecule has 1 amide bonds. The maximum Gasteiger partial charge on any atom is 0.300 e. The summed E-state index contributed by atoms with van der Waals surface area (Å²) in [6.07, 6.45) is 5.77. The molecule has 34 heavy (non-hydrogen) atoms. The van der Waals surface area contributed by atoms with Gasteiger partial charge in [-0.1, -0.05) is 19.9 Å². The highest BCUT2D eigenvalue weighted by Gasteiger charge is 2.27. The second kappa shape index (κ2) is 9.02. The van der Waals surface area contributed by atoms with Crippen LogP contribution in [0.1, 0.15) is 53.9 Å².